The molecule has 6 nitrogen and oxygen atoms in total. The van der Waals surface area contributed by atoms with Crippen LogP contribution in [-0.2, 0) is 27.2 Å². The summed E-state index contributed by atoms with van der Waals surface area (Å²) in [4.78, 5) is 25.1. The van der Waals surface area contributed by atoms with Crippen LogP contribution in [0.5, 0.6) is 5.75 Å². The third kappa shape index (κ3) is 5.33. The summed E-state index contributed by atoms with van der Waals surface area (Å²) in [6.07, 6.45) is 5.12. The molecule has 3 rings (SSSR count). The largest absolute Gasteiger partial charge is 0.482 e. The molecule has 0 aliphatic heterocycles. The van der Waals surface area contributed by atoms with E-state index in [2.05, 4.69) is 27.3 Å². The lowest BCUT2D eigenvalue weighted by Crippen LogP contribution is -2.23. The van der Waals surface area contributed by atoms with Gasteiger partial charge in [0, 0.05) is 9.35 Å². The maximum absolute atomic E-state index is 12.1. The summed E-state index contributed by atoms with van der Waals surface area (Å²) in [6.45, 7) is -0.714. The Balaban J connectivity index is 1.50. The molecule has 0 saturated heterocycles. The second-order valence-electron chi connectivity index (χ2n) is 6.34. The van der Waals surface area contributed by atoms with Gasteiger partial charge < -0.3 is 14.8 Å². The number of benzene rings is 1. The van der Waals surface area contributed by atoms with E-state index >= 15 is 0 Å². The first-order valence-electron chi connectivity index (χ1n) is 8.95. The minimum Gasteiger partial charge on any atom is -0.482 e. The Morgan fingerprint density at radius 3 is 2.82 bits per heavy atom. The SMILES string of the molecule is N#Cc1c(NC(=O)COC(=O)COc2cccc(Br)c2)sc2c1CCCCC2. The van der Waals surface area contributed by atoms with Crippen LogP contribution in [0.15, 0.2) is 28.7 Å². The molecule has 0 spiro atoms. The Hall–Kier alpha value is -2.37. The van der Waals surface area contributed by atoms with Crippen molar-refractivity contribution in [2.24, 2.45) is 0 Å². The second-order valence-corrected chi connectivity index (χ2v) is 8.36. The molecule has 0 unspecified atom stereocenters. The highest BCUT2D eigenvalue weighted by Gasteiger charge is 2.21. The average molecular weight is 463 g/mol. The minimum absolute atomic E-state index is 0.291. The number of thiophene rings is 1. The molecule has 0 fully saturated rings. The zero-order chi connectivity index (χ0) is 19.9. The van der Waals surface area contributed by atoms with Gasteiger partial charge in [0.25, 0.3) is 5.91 Å². The molecule has 1 aromatic carbocycles. The number of carbonyl (C=O) groups excluding carboxylic acids is 2. The summed E-state index contributed by atoms with van der Waals surface area (Å²) >= 11 is 4.76. The smallest absolute Gasteiger partial charge is 0.344 e. The number of ether oxygens (including phenoxy) is 2. The monoisotopic (exact) mass is 462 g/mol. The predicted octanol–water partition coefficient (Wildman–Crippen LogP) is 4.21. The standard InChI is InChI=1S/C20H19BrN2O4S/c21-13-5-4-6-14(9-13)26-12-19(25)27-11-18(24)23-20-16(10-22)15-7-2-1-3-8-17(15)28-20/h4-6,9H,1-3,7-8,11-12H2,(H,23,24). The maximum atomic E-state index is 12.1. The Morgan fingerprint density at radius 2 is 2.04 bits per heavy atom. The number of carbonyl (C=O) groups is 2. The average Bonchev–Trinajstić information content (AvgIpc) is 2.84. The van der Waals surface area contributed by atoms with Gasteiger partial charge in [-0.25, -0.2) is 4.79 Å². The summed E-state index contributed by atoms with van der Waals surface area (Å²) < 4.78 is 11.1. The molecule has 0 radical (unpaired) electrons. The zero-order valence-electron chi connectivity index (χ0n) is 15.1. The van der Waals surface area contributed by atoms with E-state index in [1.807, 2.05) is 6.07 Å². The number of rotatable bonds is 6. The van der Waals surface area contributed by atoms with Crippen LogP contribution < -0.4 is 10.1 Å². The van der Waals surface area contributed by atoms with Crippen molar-refractivity contribution in [1.29, 1.82) is 5.26 Å². The molecule has 1 N–H and O–H groups in total. The quantitative estimate of drug-likeness (QED) is 0.512. The molecule has 1 aliphatic rings. The highest BCUT2D eigenvalue weighted by atomic mass is 79.9. The first kappa shape index (κ1) is 20.4. The van der Waals surface area contributed by atoms with Gasteiger partial charge in [-0.15, -0.1) is 11.3 Å². The fourth-order valence-electron chi connectivity index (χ4n) is 3.00. The topological polar surface area (TPSA) is 88.4 Å². The van der Waals surface area contributed by atoms with Crippen molar-refractivity contribution >= 4 is 44.1 Å². The van der Waals surface area contributed by atoms with Gasteiger partial charge in [-0.1, -0.05) is 28.4 Å². The summed E-state index contributed by atoms with van der Waals surface area (Å²) in [5.41, 5.74) is 1.60. The van der Waals surface area contributed by atoms with Crippen molar-refractivity contribution in [2.75, 3.05) is 18.5 Å². The Kier molecular flexibility index (Phi) is 7.06. The Morgan fingerprint density at radius 1 is 1.21 bits per heavy atom. The van der Waals surface area contributed by atoms with Crippen LogP contribution in [0.25, 0.3) is 0 Å². The third-order valence-electron chi connectivity index (χ3n) is 4.30. The normalized spacial score (nSPS) is 13.0. The number of aryl methyl sites for hydroxylation is 1. The number of fused-ring (bicyclic) bond motifs is 1. The lowest BCUT2D eigenvalue weighted by Gasteiger charge is -2.08. The number of nitrogens with one attached hydrogen (secondary N) is 1. The second kappa shape index (κ2) is 9.71. The highest BCUT2D eigenvalue weighted by molar-refractivity contribution is 9.10. The third-order valence-corrected chi connectivity index (χ3v) is 6.00. The van der Waals surface area contributed by atoms with Gasteiger partial charge in [-0.05, 0) is 49.4 Å². The van der Waals surface area contributed by atoms with Crippen molar-refractivity contribution in [2.45, 2.75) is 32.1 Å². The van der Waals surface area contributed by atoms with Gasteiger partial charge in [-0.2, -0.15) is 5.26 Å². The molecular formula is C20H19BrN2O4S. The van der Waals surface area contributed by atoms with E-state index in [1.54, 1.807) is 18.2 Å². The van der Waals surface area contributed by atoms with Gasteiger partial charge in [-0.3, -0.25) is 4.79 Å². The number of amides is 1. The number of nitriles is 1. The Bertz CT molecular complexity index is 919. The van der Waals surface area contributed by atoms with E-state index in [4.69, 9.17) is 9.47 Å². The number of hydrogen-bond donors (Lipinski definition) is 1. The van der Waals surface area contributed by atoms with E-state index < -0.39 is 18.5 Å². The molecule has 1 aliphatic carbocycles. The van der Waals surface area contributed by atoms with Crippen LogP contribution in [0, 0.1) is 11.3 Å². The summed E-state index contributed by atoms with van der Waals surface area (Å²) in [5, 5.41) is 12.7. The first-order chi connectivity index (χ1) is 13.6. The lowest BCUT2D eigenvalue weighted by atomic mass is 10.1. The van der Waals surface area contributed by atoms with E-state index in [-0.39, 0.29) is 6.61 Å². The molecule has 146 valence electrons. The van der Waals surface area contributed by atoms with E-state index in [9.17, 15) is 14.9 Å². The molecular weight excluding hydrogens is 444 g/mol. The fraction of sp³-hybridized carbons (Fsp3) is 0.350. The van der Waals surface area contributed by atoms with Crippen molar-refractivity contribution in [1.82, 2.24) is 0 Å². The highest BCUT2D eigenvalue weighted by Crippen LogP contribution is 2.36. The minimum atomic E-state index is -0.641. The lowest BCUT2D eigenvalue weighted by molar-refractivity contribution is -0.149. The van der Waals surface area contributed by atoms with Gasteiger partial charge >= 0.3 is 5.97 Å². The maximum Gasteiger partial charge on any atom is 0.344 e. The summed E-state index contributed by atoms with van der Waals surface area (Å²) in [5.74, 6) is -0.587. The van der Waals surface area contributed by atoms with Crippen LogP contribution in [0.3, 0.4) is 0 Å². The van der Waals surface area contributed by atoms with E-state index in [0.717, 1.165) is 42.1 Å². The molecule has 1 aromatic heterocycles. The molecule has 1 heterocycles. The first-order valence-corrected chi connectivity index (χ1v) is 10.6. The van der Waals surface area contributed by atoms with E-state index in [1.165, 1.54) is 16.2 Å². The fourth-order valence-corrected chi connectivity index (χ4v) is 4.63. The van der Waals surface area contributed by atoms with Crippen molar-refractivity contribution in [3.05, 3.63) is 44.7 Å². The number of esters is 1. The van der Waals surface area contributed by atoms with Crippen LogP contribution in [0.2, 0.25) is 0 Å². The number of halogens is 1. The molecule has 8 heteroatoms. The van der Waals surface area contributed by atoms with Gasteiger partial charge in [0.1, 0.15) is 16.8 Å². The molecule has 1 amide bonds. The van der Waals surface area contributed by atoms with Crippen molar-refractivity contribution in [3.63, 3.8) is 0 Å². The van der Waals surface area contributed by atoms with Crippen LogP contribution in [0.1, 0.15) is 35.3 Å². The number of anilines is 1. The molecule has 28 heavy (non-hydrogen) atoms. The zero-order valence-corrected chi connectivity index (χ0v) is 17.5. The molecule has 0 bridgehead atoms. The molecule has 0 atom stereocenters. The predicted molar refractivity (Wildman–Crippen MR) is 110 cm³/mol. The molecule has 0 saturated carbocycles. The Labute approximate surface area is 175 Å². The van der Waals surface area contributed by atoms with E-state index in [0.29, 0.717) is 16.3 Å². The summed E-state index contributed by atoms with van der Waals surface area (Å²) in [7, 11) is 0. The number of nitrogens with zero attached hydrogens (tertiary/aromatic N) is 1. The van der Waals surface area contributed by atoms with Crippen molar-refractivity contribution in [3.8, 4) is 11.8 Å². The van der Waals surface area contributed by atoms with Gasteiger partial charge in [0.05, 0.1) is 5.56 Å². The van der Waals surface area contributed by atoms with Gasteiger partial charge in [0.2, 0.25) is 0 Å². The summed E-state index contributed by atoms with van der Waals surface area (Å²) in [6, 6.07) is 9.28. The van der Waals surface area contributed by atoms with Crippen LogP contribution in [0.4, 0.5) is 5.00 Å². The van der Waals surface area contributed by atoms with Crippen LogP contribution >= 0.6 is 27.3 Å². The van der Waals surface area contributed by atoms with Crippen LogP contribution in [-0.4, -0.2) is 25.1 Å². The molecule has 2 aromatic rings. The van der Waals surface area contributed by atoms with Crippen molar-refractivity contribution < 1.29 is 19.1 Å². The van der Waals surface area contributed by atoms with Gasteiger partial charge in [0.15, 0.2) is 13.2 Å². The number of hydrogen-bond acceptors (Lipinski definition) is 6.